The third-order valence-electron chi connectivity index (χ3n) is 5.44. The van der Waals surface area contributed by atoms with E-state index in [1.54, 1.807) is 12.3 Å². The van der Waals surface area contributed by atoms with E-state index in [1.807, 2.05) is 24.3 Å². The number of hydrogen-bond donors (Lipinski definition) is 2. The minimum Gasteiger partial charge on any atom is -0.383 e. The molecule has 2 aromatic heterocycles. The summed E-state index contributed by atoms with van der Waals surface area (Å²) < 4.78 is 27.0. The summed E-state index contributed by atoms with van der Waals surface area (Å²) >= 11 is 0. The van der Waals surface area contributed by atoms with Gasteiger partial charge in [-0.2, -0.15) is 5.10 Å². The Kier molecular flexibility index (Phi) is 6.82. The van der Waals surface area contributed by atoms with E-state index in [9.17, 15) is 18.4 Å². The number of nitrogens with one attached hydrogen (secondary N) is 1. The van der Waals surface area contributed by atoms with E-state index in [2.05, 4.69) is 20.5 Å². The molecule has 9 heteroatoms. The summed E-state index contributed by atoms with van der Waals surface area (Å²) in [6.45, 7) is 0. The van der Waals surface area contributed by atoms with Gasteiger partial charge < -0.3 is 11.1 Å². The molecule has 0 radical (unpaired) electrons. The molecular weight excluding hydrogens is 440 g/mol. The number of carbonyl (C=O) groups excluding carboxylic acids is 2. The number of pyridine rings is 1. The van der Waals surface area contributed by atoms with Crippen molar-refractivity contribution in [2.45, 2.75) is 25.3 Å². The van der Waals surface area contributed by atoms with Crippen LogP contribution in [0.3, 0.4) is 0 Å². The van der Waals surface area contributed by atoms with Crippen LogP contribution in [0.15, 0.2) is 67.0 Å². The Bertz CT molecular complexity index is 1350. The summed E-state index contributed by atoms with van der Waals surface area (Å²) in [5.74, 6) is -2.41. The molecule has 7 nitrogen and oxygen atoms in total. The molecule has 4 rings (SSSR count). The summed E-state index contributed by atoms with van der Waals surface area (Å²) in [5, 5.41) is 11.8. The van der Waals surface area contributed by atoms with Crippen LogP contribution >= 0.6 is 0 Å². The number of aryl methyl sites for hydroxylation is 1. The fraction of sp³-hybridized carbons (Fsp3) is 0.160. The standard InChI is InChI=1S/C25H21F2N5O2/c26-19-7-4-16(13-20(19)27)14-22(31-25(34)21-2-1-10-30-32-21)23(33)8-5-15-3-6-18-17(12-15)9-11-29-24(18)28/h1-4,6-7,9-13,22H,5,8,14H2,(H2,28,29)(H,31,34)/t22-/m0/s1. The van der Waals surface area contributed by atoms with Crippen molar-refractivity contribution in [1.82, 2.24) is 20.5 Å². The maximum atomic E-state index is 13.7. The number of Topliss-reactive ketones (excluding diaryl/α,β-unsaturated/α-hetero) is 1. The highest BCUT2D eigenvalue weighted by molar-refractivity contribution is 5.96. The van der Waals surface area contributed by atoms with Gasteiger partial charge in [0.1, 0.15) is 5.82 Å². The fourth-order valence-corrected chi connectivity index (χ4v) is 3.65. The van der Waals surface area contributed by atoms with Crippen molar-refractivity contribution >= 4 is 28.3 Å². The average Bonchev–Trinajstić information content (AvgIpc) is 2.85. The first-order valence-electron chi connectivity index (χ1n) is 10.6. The number of rotatable bonds is 8. The molecule has 1 atom stereocenters. The van der Waals surface area contributed by atoms with Crippen molar-refractivity contribution in [3.05, 3.63) is 95.4 Å². The molecule has 1 amide bonds. The quantitative estimate of drug-likeness (QED) is 0.416. The second-order valence-electron chi connectivity index (χ2n) is 7.81. The van der Waals surface area contributed by atoms with Gasteiger partial charge in [-0.05, 0) is 59.7 Å². The van der Waals surface area contributed by atoms with E-state index in [0.717, 1.165) is 28.5 Å². The molecule has 0 saturated carbocycles. The third-order valence-corrected chi connectivity index (χ3v) is 5.44. The Balaban J connectivity index is 1.51. The van der Waals surface area contributed by atoms with Crippen LogP contribution in [0, 0.1) is 11.6 Å². The summed E-state index contributed by atoms with van der Waals surface area (Å²) in [4.78, 5) is 29.8. The molecule has 2 heterocycles. The molecule has 0 bridgehead atoms. The summed E-state index contributed by atoms with van der Waals surface area (Å²) in [6.07, 6.45) is 3.59. The van der Waals surface area contributed by atoms with Gasteiger partial charge in [-0.25, -0.2) is 13.8 Å². The number of halogens is 2. The number of carbonyl (C=O) groups is 2. The summed E-state index contributed by atoms with van der Waals surface area (Å²) in [6, 6.07) is 13.0. The second kappa shape index (κ2) is 10.1. The normalized spacial score (nSPS) is 11.8. The second-order valence-corrected chi connectivity index (χ2v) is 7.81. The smallest absolute Gasteiger partial charge is 0.272 e. The van der Waals surface area contributed by atoms with Crippen molar-refractivity contribution in [2.75, 3.05) is 5.73 Å². The van der Waals surface area contributed by atoms with Crippen molar-refractivity contribution in [3.8, 4) is 0 Å². The first kappa shape index (κ1) is 22.9. The van der Waals surface area contributed by atoms with Gasteiger partial charge in [-0.1, -0.05) is 24.3 Å². The molecule has 0 saturated heterocycles. The van der Waals surface area contributed by atoms with Crippen molar-refractivity contribution in [1.29, 1.82) is 0 Å². The Morgan fingerprint density at radius 2 is 1.79 bits per heavy atom. The van der Waals surface area contributed by atoms with Gasteiger partial charge in [0.05, 0.1) is 6.04 Å². The fourth-order valence-electron chi connectivity index (χ4n) is 3.65. The topological polar surface area (TPSA) is 111 Å². The summed E-state index contributed by atoms with van der Waals surface area (Å²) in [7, 11) is 0. The number of anilines is 1. The van der Waals surface area contributed by atoms with E-state index in [0.29, 0.717) is 17.8 Å². The molecule has 0 aliphatic heterocycles. The van der Waals surface area contributed by atoms with Crippen LogP contribution in [0.2, 0.25) is 0 Å². The molecule has 172 valence electrons. The Morgan fingerprint density at radius 1 is 0.971 bits per heavy atom. The van der Waals surface area contributed by atoms with Crippen LogP contribution in [0.4, 0.5) is 14.6 Å². The largest absolute Gasteiger partial charge is 0.383 e. The van der Waals surface area contributed by atoms with Crippen molar-refractivity contribution in [3.63, 3.8) is 0 Å². The van der Waals surface area contributed by atoms with Crippen LogP contribution in [-0.4, -0.2) is 32.9 Å². The van der Waals surface area contributed by atoms with Crippen LogP contribution in [0.5, 0.6) is 0 Å². The molecular formula is C25H21F2N5O2. The molecule has 3 N–H and O–H groups in total. The number of benzene rings is 2. The maximum absolute atomic E-state index is 13.7. The third kappa shape index (κ3) is 5.37. The van der Waals surface area contributed by atoms with Gasteiger partial charge in [0.15, 0.2) is 23.1 Å². The predicted molar refractivity (Wildman–Crippen MR) is 123 cm³/mol. The number of nitrogen functional groups attached to an aromatic ring is 1. The van der Waals surface area contributed by atoms with Gasteiger partial charge in [0, 0.05) is 24.2 Å². The van der Waals surface area contributed by atoms with Crippen molar-refractivity contribution in [2.24, 2.45) is 0 Å². The van der Waals surface area contributed by atoms with E-state index >= 15 is 0 Å². The SMILES string of the molecule is Nc1nccc2cc(CCC(=O)[C@H](Cc3ccc(F)c(F)c3)NC(=O)c3cccnn3)ccc12. The number of hydrogen-bond acceptors (Lipinski definition) is 6. The Morgan fingerprint density at radius 3 is 2.56 bits per heavy atom. The lowest BCUT2D eigenvalue weighted by atomic mass is 9.96. The van der Waals surface area contributed by atoms with Gasteiger partial charge in [-0.3, -0.25) is 9.59 Å². The zero-order chi connectivity index (χ0) is 24.1. The number of nitrogens with zero attached hydrogens (tertiary/aromatic N) is 3. The number of nitrogens with two attached hydrogens (primary N) is 1. The molecule has 0 aliphatic carbocycles. The zero-order valence-corrected chi connectivity index (χ0v) is 18.0. The van der Waals surface area contributed by atoms with Crippen LogP contribution in [0.25, 0.3) is 10.8 Å². The lowest BCUT2D eigenvalue weighted by molar-refractivity contribution is -0.120. The first-order valence-corrected chi connectivity index (χ1v) is 10.6. The number of aromatic nitrogens is 3. The molecule has 0 aliphatic rings. The number of amides is 1. The van der Waals surface area contributed by atoms with Crippen LogP contribution < -0.4 is 11.1 Å². The summed E-state index contributed by atoms with van der Waals surface area (Å²) in [5.41, 5.74) is 7.23. The molecule has 2 aromatic carbocycles. The van der Waals surface area contributed by atoms with E-state index in [4.69, 9.17) is 5.73 Å². The molecule has 4 aromatic rings. The Labute approximate surface area is 194 Å². The minimum absolute atomic E-state index is 0.00194. The minimum atomic E-state index is -1.02. The highest BCUT2D eigenvalue weighted by Crippen LogP contribution is 2.21. The van der Waals surface area contributed by atoms with E-state index in [-0.39, 0.29) is 24.3 Å². The zero-order valence-electron chi connectivity index (χ0n) is 18.0. The first-order chi connectivity index (χ1) is 16.4. The van der Waals surface area contributed by atoms with Gasteiger partial charge in [-0.15, -0.1) is 5.10 Å². The van der Waals surface area contributed by atoms with Gasteiger partial charge in [0.25, 0.3) is 5.91 Å². The van der Waals surface area contributed by atoms with E-state index < -0.39 is 23.6 Å². The lowest BCUT2D eigenvalue weighted by Gasteiger charge is -2.18. The molecule has 34 heavy (non-hydrogen) atoms. The molecule has 0 spiro atoms. The van der Waals surface area contributed by atoms with E-state index in [1.165, 1.54) is 18.3 Å². The Hall–Kier alpha value is -4.27. The van der Waals surface area contributed by atoms with Crippen LogP contribution in [0.1, 0.15) is 28.0 Å². The highest BCUT2D eigenvalue weighted by Gasteiger charge is 2.23. The van der Waals surface area contributed by atoms with Gasteiger partial charge in [0.2, 0.25) is 0 Å². The number of fused-ring (bicyclic) bond motifs is 1. The predicted octanol–water partition coefficient (Wildman–Crippen LogP) is 3.43. The average molecular weight is 461 g/mol. The molecule has 0 fully saturated rings. The van der Waals surface area contributed by atoms with Crippen molar-refractivity contribution < 1.29 is 18.4 Å². The van der Waals surface area contributed by atoms with Gasteiger partial charge >= 0.3 is 0 Å². The maximum Gasteiger partial charge on any atom is 0.272 e. The highest BCUT2D eigenvalue weighted by atomic mass is 19.2. The number of ketones is 1. The molecule has 0 unspecified atom stereocenters. The monoisotopic (exact) mass is 461 g/mol. The van der Waals surface area contributed by atoms with Crippen LogP contribution in [-0.2, 0) is 17.6 Å². The lowest BCUT2D eigenvalue weighted by Crippen LogP contribution is -2.43.